The Labute approximate surface area is 129 Å². The van der Waals surface area contributed by atoms with Crippen LogP contribution in [0.2, 0.25) is 0 Å². The van der Waals surface area contributed by atoms with Gasteiger partial charge in [0.15, 0.2) is 6.04 Å². The number of rotatable bonds is 2. The second kappa shape index (κ2) is 5.29. The van der Waals surface area contributed by atoms with Crippen molar-refractivity contribution in [1.82, 2.24) is 9.78 Å². The maximum absolute atomic E-state index is 13.3. The molecule has 0 bridgehead atoms. The standard InChI is InChI=1S/C15H14F3N3O2/c1-8-2-4-9(5-3-8)11-6-12(15(16,17)18)21-13(20-11)10(7-19-21)14(22)23/h2-5,7,11-12,20H,6H2,1H3,(H,22,23). The molecule has 0 radical (unpaired) electrons. The zero-order chi connectivity index (χ0) is 16.8. The molecule has 1 aliphatic rings. The molecule has 3 rings (SSSR count). The van der Waals surface area contributed by atoms with E-state index in [-0.39, 0.29) is 17.8 Å². The average Bonchev–Trinajstić information content (AvgIpc) is 2.89. The summed E-state index contributed by atoms with van der Waals surface area (Å²) in [5.41, 5.74) is 1.40. The van der Waals surface area contributed by atoms with Crippen LogP contribution in [0.5, 0.6) is 0 Å². The van der Waals surface area contributed by atoms with Gasteiger partial charge in [-0.1, -0.05) is 29.8 Å². The Morgan fingerprint density at radius 2 is 2.00 bits per heavy atom. The Morgan fingerprint density at radius 1 is 1.35 bits per heavy atom. The number of aryl methyl sites for hydroxylation is 1. The molecular formula is C15H14F3N3O2. The smallest absolute Gasteiger partial charge is 0.410 e. The van der Waals surface area contributed by atoms with Gasteiger partial charge in [0, 0.05) is 6.42 Å². The summed E-state index contributed by atoms with van der Waals surface area (Å²) in [6.07, 6.45) is -3.82. The van der Waals surface area contributed by atoms with Crippen LogP contribution in [0.4, 0.5) is 19.0 Å². The highest BCUT2D eigenvalue weighted by molar-refractivity contribution is 5.93. The fraction of sp³-hybridized carbons (Fsp3) is 0.333. The number of carbonyl (C=O) groups is 1. The third-order valence-electron chi connectivity index (χ3n) is 3.95. The summed E-state index contributed by atoms with van der Waals surface area (Å²) >= 11 is 0. The molecule has 1 aliphatic heterocycles. The van der Waals surface area contributed by atoms with Gasteiger partial charge in [0.25, 0.3) is 0 Å². The molecule has 0 spiro atoms. The van der Waals surface area contributed by atoms with Gasteiger partial charge in [0.1, 0.15) is 11.4 Å². The zero-order valence-electron chi connectivity index (χ0n) is 12.1. The van der Waals surface area contributed by atoms with Gasteiger partial charge in [0.05, 0.1) is 12.2 Å². The molecule has 1 aromatic carbocycles. The number of nitrogens with zero attached hydrogens (tertiary/aromatic N) is 2. The van der Waals surface area contributed by atoms with Crippen molar-refractivity contribution < 1.29 is 23.1 Å². The van der Waals surface area contributed by atoms with Crippen LogP contribution in [0, 0.1) is 6.92 Å². The van der Waals surface area contributed by atoms with Crippen LogP contribution >= 0.6 is 0 Å². The van der Waals surface area contributed by atoms with Crippen LogP contribution in [0.3, 0.4) is 0 Å². The van der Waals surface area contributed by atoms with E-state index in [2.05, 4.69) is 10.4 Å². The Bertz CT molecular complexity index is 737. The van der Waals surface area contributed by atoms with E-state index in [4.69, 9.17) is 5.11 Å². The lowest BCUT2D eigenvalue weighted by Gasteiger charge is -2.33. The van der Waals surface area contributed by atoms with Crippen molar-refractivity contribution in [3.8, 4) is 0 Å². The molecule has 23 heavy (non-hydrogen) atoms. The minimum atomic E-state index is -4.51. The van der Waals surface area contributed by atoms with E-state index in [0.29, 0.717) is 10.2 Å². The van der Waals surface area contributed by atoms with Crippen LogP contribution in [0.1, 0.15) is 40.0 Å². The van der Waals surface area contributed by atoms with Crippen LogP contribution in [-0.4, -0.2) is 27.0 Å². The van der Waals surface area contributed by atoms with E-state index in [1.54, 1.807) is 12.1 Å². The topological polar surface area (TPSA) is 67.2 Å². The zero-order valence-corrected chi connectivity index (χ0v) is 12.1. The van der Waals surface area contributed by atoms with E-state index >= 15 is 0 Å². The van der Waals surface area contributed by atoms with Crippen LogP contribution in [0.15, 0.2) is 30.5 Å². The molecule has 1 aromatic heterocycles. The highest BCUT2D eigenvalue weighted by Crippen LogP contribution is 2.44. The van der Waals surface area contributed by atoms with Crippen molar-refractivity contribution >= 4 is 11.8 Å². The quantitative estimate of drug-likeness (QED) is 0.886. The molecule has 0 amide bonds. The predicted octanol–water partition coefficient (Wildman–Crippen LogP) is 3.55. The summed E-state index contributed by atoms with van der Waals surface area (Å²) in [7, 11) is 0. The highest BCUT2D eigenvalue weighted by Gasteiger charge is 2.47. The van der Waals surface area contributed by atoms with Crippen molar-refractivity contribution in [2.75, 3.05) is 5.32 Å². The van der Waals surface area contributed by atoms with Crippen LogP contribution in [0.25, 0.3) is 0 Å². The largest absolute Gasteiger partial charge is 0.477 e. The van der Waals surface area contributed by atoms with Crippen molar-refractivity contribution in [2.24, 2.45) is 0 Å². The van der Waals surface area contributed by atoms with Gasteiger partial charge < -0.3 is 10.4 Å². The molecule has 2 aromatic rings. The number of benzene rings is 1. The predicted molar refractivity (Wildman–Crippen MR) is 76.4 cm³/mol. The first-order valence-electron chi connectivity index (χ1n) is 6.98. The van der Waals surface area contributed by atoms with E-state index in [0.717, 1.165) is 11.8 Å². The van der Waals surface area contributed by atoms with Gasteiger partial charge in [-0.2, -0.15) is 18.3 Å². The molecule has 122 valence electrons. The van der Waals surface area contributed by atoms with Crippen molar-refractivity contribution in [1.29, 1.82) is 0 Å². The summed E-state index contributed by atoms with van der Waals surface area (Å²) in [4.78, 5) is 11.2. The molecule has 8 heteroatoms. The minimum absolute atomic E-state index is 0.114. The lowest BCUT2D eigenvalue weighted by Crippen LogP contribution is -2.36. The van der Waals surface area contributed by atoms with Crippen LogP contribution < -0.4 is 5.32 Å². The maximum Gasteiger partial charge on any atom is 0.410 e. The summed E-state index contributed by atoms with van der Waals surface area (Å²) < 4.78 is 40.8. The summed E-state index contributed by atoms with van der Waals surface area (Å²) in [6.45, 7) is 1.88. The number of carboxylic acid groups (broad SMARTS) is 1. The Hall–Kier alpha value is -2.51. The number of halogens is 3. The number of hydrogen-bond donors (Lipinski definition) is 2. The van der Waals surface area contributed by atoms with Gasteiger partial charge in [-0.05, 0) is 12.5 Å². The Balaban J connectivity index is 2.05. The highest BCUT2D eigenvalue weighted by atomic mass is 19.4. The van der Waals surface area contributed by atoms with Crippen molar-refractivity contribution in [2.45, 2.75) is 31.6 Å². The molecule has 2 unspecified atom stereocenters. The molecule has 2 N–H and O–H groups in total. The lowest BCUT2D eigenvalue weighted by molar-refractivity contribution is -0.173. The average molecular weight is 325 g/mol. The Kier molecular flexibility index (Phi) is 3.54. The van der Waals surface area contributed by atoms with Gasteiger partial charge in [-0.15, -0.1) is 0 Å². The third kappa shape index (κ3) is 2.76. The first-order chi connectivity index (χ1) is 10.8. The van der Waals surface area contributed by atoms with Crippen LogP contribution in [-0.2, 0) is 0 Å². The second-order valence-corrected chi connectivity index (χ2v) is 5.56. The first kappa shape index (κ1) is 15.4. The molecule has 0 aliphatic carbocycles. The summed E-state index contributed by atoms with van der Waals surface area (Å²) in [5.74, 6) is -1.43. The number of fused-ring (bicyclic) bond motifs is 1. The molecule has 0 fully saturated rings. The normalized spacial score (nSPS) is 20.7. The molecule has 5 nitrogen and oxygen atoms in total. The lowest BCUT2D eigenvalue weighted by atomic mass is 9.96. The number of anilines is 1. The SMILES string of the molecule is Cc1ccc(C2CC(C(F)(F)F)n3ncc(C(=O)O)c3N2)cc1. The summed E-state index contributed by atoms with van der Waals surface area (Å²) in [6, 6.07) is 4.61. The molecule has 2 heterocycles. The van der Waals surface area contributed by atoms with Crippen molar-refractivity contribution in [3.05, 3.63) is 47.2 Å². The molecular weight excluding hydrogens is 311 g/mol. The minimum Gasteiger partial charge on any atom is -0.477 e. The molecule has 0 saturated carbocycles. The number of hydrogen-bond acceptors (Lipinski definition) is 3. The second-order valence-electron chi connectivity index (χ2n) is 5.56. The van der Waals surface area contributed by atoms with E-state index in [1.807, 2.05) is 19.1 Å². The third-order valence-corrected chi connectivity index (χ3v) is 3.95. The summed E-state index contributed by atoms with van der Waals surface area (Å²) in [5, 5.41) is 15.6. The number of aromatic nitrogens is 2. The fourth-order valence-electron chi connectivity index (χ4n) is 2.74. The molecule has 2 atom stereocenters. The maximum atomic E-state index is 13.3. The van der Waals surface area contributed by atoms with E-state index in [1.165, 1.54) is 0 Å². The fourth-order valence-corrected chi connectivity index (χ4v) is 2.74. The monoisotopic (exact) mass is 325 g/mol. The number of nitrogens with one attached hydrogen (secondary N) is 1. The van der Waals surface area contributed by atoms with Gasteiger partial charge in [-0.3, -0.25) is 0 Å². The molecule has 0 saturated heterocycles. The van der Waals surface area contributed by atoms with E-state index < -0.39 is 24.2 Å². The van der Waals surface area contributed by atoms with Crippen molar-refractivity contribution in [3.63, 3.8) is 0 Å². The van der Waals surface area contributed by atoms with Gasteiger partial charge >= 0.3 is 12.1 Å². The Morgan fingerprint density at radius 3 is 2.57 bits per heavy atom. The van der Waals surface area contributed by atoms with E-state index in [9.17, 15) is 18.0 Å². The first-order valence-corrected chi connectivity index (χ1v) is 6.98. The number of alkyl halides is 3. The number of carboxylic acids is 1. The number of aromatic carboxylic acids is 1. The van der Waals surface area contributed by atoms with Gasteiger partial charge in [-0.25, -0.2) is 9.48 Å². The van der Waals surface area contributed by atoms with Gasteiger partial charge in [0.2, 0.25) is 0 Å².